The molecule has 1 saturated heterocycles. The van der Waals surface area contributed by atoms with Gasteiger partial charge in [0, 0.05) is 18.5 Å². The molecular weight excluding hydrogens is 448 g/mol. The zero-order valence-electron chi connectivity index (χ0n) is 20.2. The Hall–Kier alpha value is -3.92. The highest BCUT2D eigenvalue weighted by Gasteiger charge is 2.49. The molecule has 2 aliphatic rings. The van der Waals surface area contributed by atoms with E-state index in [2.05, 4.69) is 16.0 Å². The van der Waals surface area contributed by atoms with Crippen LogP contribution in [0.2, 0.25) is 0 Å². The number of rotatable bonds is 5. The van der Waals surface area contributed by atoms with E-state index in [1.54, 1.807) is 10.6 Å². The summed E-state index contributed by atoms with van der Waals surface area (Å²) in [7, 11) is 3.79. The summed E-state index contributed by atoms with van der Waals surface area (Å²) < 4.78 is 3.20. The Balaban J connectivity index is 1.40. The minimum atomic E-state index is -0.959. The monoisotopic (exact) mass is 476 g/mol. The SMILES string of the molecule is Cc1cc(C)c2c(c1)n(CC(=O)Nc1ccc3c(c1)C[C@@]1(C3)NC(=O)NC1=O)c(=O)n2CN(C)C. The number of carbonyl (C=O) groups is 3. The van der Waals surface area contributed by atoms with E-state index in [0.717, 1.165) is 33.3 Å². The Bertz CT molecular complexity index is 1470. The molecule has 35 heavy (non-hydrogen) atoms. The predicted octanol–water partition coefficient (Wildman–Crippen LogP) is 1.25. The van der Waals surface area contributed by atoms with Crippen molar-refractivity contribution in [2.75, 3.05) is 19.4 Å². The molecule has 1 aliphatic carbocycles. The molecule has 1 spiro atoms. The second-order valence-corrected chi connectivity index (χ2v) is 9.84. The molecule has 10 heteroatoms. The van der Waals surface area contributed by atoms with Crippen molar-refractivity contribution in [2.45, 2.75) is 45.4 Å². The summed E-state index contributed by atoms with van der Waals surface area (Å²) >= 11 is 0. The van der Waals surface area contributed by atoms with Gasteiger partial charge in [-0.2, -0.15) is 0 Å². The molecule has 1 fully saturated rings. The number of hydrogen-bond donors (Lipinski definition) is 3. The van der Waals surface area contributed by atoms with Gasteiger partial charge in [-0.3, -0.25) is 28.9 Å². The van der Waals surface area contributed by atoms with E-state index in [1.807, 2.05) is 57.1 Å². The van der Waals surface area contributed by atoms with Crippen LogP contribution in [0.3, 0.4) is 0 Å². The molecule has 1 aliphatic heterocycles. The molecule has 1 atom stereocenters. The zero-order valence-corrected chi connectivity index (χ0v) is 20.2. The standard InChI is InChI=1S/C25H28N6O4/c1-14-7-15(2)21-19(8-14)30(24(35)31(21)13-29(3)4)12-20(32)26-18-6-5-16-10-25(11-17(16)9-18)22(33)27-23(34)28-25/h5-9H,10-13H2,1-4H3,(H,26,32)(H2,27,28,33,34)/t25-/m1/s1. The minimum Gasteiger partial charge on any atom is -0.325 e. The molecule has 2 heterocycles. The van der Waals surface area contributed by atoms with Gasteiger partial charge in [-0.05, 0) is 68.4 Å². The molecule has 1 aromatic heterocycles. The zero-order chi connectivity index (χ0) is 25.1. The number of imidazole rings is 1. The number of hydrogen-bond acceptors (Lipinski definition) is 5. The Kier molecular flexibility index (Phi) is 5.28. The first-order valence-corrected chi connectivity index (χ1v) is 11.5. The first kappa shape index (κ1) is 22.9. The highest BCUT2D eigenvalue weighted by molar-refractivity contribution is 6.08. The number of imide groups is 1. The van der Waals surface area contributed by atoms with Gasteiger partial charge in [0.15, 0.2) is 0 Å². The largest absolute Gasteiger partial charge is 0.330 e. The lowest BCUT2D eigenvalue weighted by molar-refractivity contribution is -0.123. The van der Waals surface area contributed by atoms with Gasteiger partial charge in [-0.1, -0.05) is 12.1 Å². The van der Waals surface area contributed by atoms with Gasteiger partial charge in [-0.15, -0.1) is 0 Å². The van der Waals surface area contributed by atoms with Crippen LogP contribution in [0.25, 0.3) is 11.0 Å². The maximum Gasteiger partial charge on any atom is 0.330 e. The fourth-order valence-corrected chi connectivity index (χ4v) is 5.28. The van der Waals surface area contributed by atoms with Crippen molar-refractivity contribution in [2.24, 2.45) is 0 Å². The molecule has 0 saturated carbocycles. The second kappa shape index (κ2) is 8.09. The number of benzene rings is 2. The quantitative estimate of drug-likeness (QED) is 0.479. The van der Waals surface area contributed by atoms with Crippen molar-refractivity contribution < 1.29 is 14.4 Å². The van der Waals surface area contributed by atoms with Crippen molar-refractivity contribution in [3.05, 3.63) is 63.1 Å². The fraction of sp³-hybridized carbons (Fsp3) is 0.360. The summed E-state index contributed by atoms with van der Waals surface area (Å²) in [5, 5.41) is 7.92. The third kappa shape index (κ3) is 3.89. The number of carbonyl (C=O) groups excluding carboxylic acids is 3. The lowest BCUT2D eigenvalue weighted by atomic mass is 9.96. The van der Waals surface area contributed by atoms with Crippen LogP contribution >= 0.6 is 0 Å². The van der Waals surface area contributed by atoms with E-state index in [-0.39, 0.29) is 24.0 Å². The van der Waals surface area contributed by atoms with E-state index < -0.39 is 11.6 Å². The molecule has 3 aromatic rings. The first-order valence-electron chi connectivity index (χ1n) is 11.5. The van der Waals surface area contributed by atoms with Crippen LogP contribution in [0, 0.1) is 13.8 Å². The Morgan fingerprint density at radius 2 is 1.80 bits per heavy atom. The van der Waals surface area contributed by atoms with Gasteiger partial charge in [0.1, 0.15) is 12.1 Å². The number of amides is 4. The van der Waals surface area contributed by atoms with Gasteiger partial charge >= 0.3 is 11.7 Å². The topological polar surface area (TPSA) is 117 Å². The van der Waals surface area contributed by atoms with E-state index in [1.165, 1.54) is 4.57 Å². The van der Waals surface area contributed by atoms with Crippen molar-refractivity contribution >= 4 is 34.6 Å². The van der Waals surface area contributed by atoms with Crippen molar-refractivity contribution in [3.8, 4) is 0 Å². The summed E-state index contributed by atoms with van der Waals surface area (Å²) in [6.45, 7) is 4.22. The van der Waals surface area contributed by atoms with Gasteiger partial charge in [0.2, 0.25) is 5.91 Å². The number of aryl methyl sites for hydroxylation is 2. The smallest absolute Gasteiger partial charge is 0.325 e. The summed E-state index contributed by atoms with van der Waals surface area (Å²) in [6.07, 6.45) is 0.771. The molecule has 3 N–H and O–H groups in total. The fourth-order valence-electron chi connectivity index (χ4n) is 5.28. The predicted molar refractivity (Wildman–Crippen MR) is 131 cm³/mol. The number of anilines is 1. The van der Waals surface area contributed by atoms with Crippen LogP contribution in [0.1, 0.15) is 22.3 Å². The van der Waals surface area contributed by atoms with E-state index in [4.69, 9.17) is 0 Å². The van der Waals surface area contributed by atoms with Crippen LogP contribution in [0.15, 0.2) is 35.1 Å². The molecule has 5 rings (SSSR count). The molecular formula is C25H28N6O4. The molecule has 0 radical (unpaired) electrons. The van der Waals surface area contributed by atoms with Crippen LogP contribution in [-0.2, 0) is 35.6 Å². The molecule has 2 aromatic carbocycles. The number of nitrogens with one attached hydrogen (secondary N) is 3. The van der Waals surface area contributed by atoms with Gasteiger partial charge in [0.05, 0.1) is 17.7 Å². The molecule has 182 valence electrons. The number of aromatic nitrogens is 2. The number of nitrogens with zero attached hydrogens (tertiary/aromatic N) is 3. The molecule has 0 unspecified atom stereocenters. The van der Waals surface area contributed by atoms with Gasteiger partial charge in [0.25, 0.3) is 5.91 Å². The second-order valence-electron chi connectivity index (χ2n) is 9.84. The van der Waals surface area contributed by atoms with Crippen molar-refractivity contribution in [1.29, 1.82) is 0 Å². The van der Waals surface area contributed by atoms with E-state index in [0.29, 0.717) is 25.2 Å². The summed E-state index contributed by atoms with van der Waals surface area (Å²) in [5.41, 5.74) is 4.77. The lowest BCUT2D eigenvalue weighted by Gasteiger charge is -2.18. The minimum absolute atomic E-state index is 0.127. The average Bonchev–Trinajstić information content (AvgIpc) is 3.34. The summed E-state index contributed by atoms with van der Waals surface area (Å²) in [6, 6.07) is 8.94. The highest BCUT2D eigenvalue weighted by atomic mass is 16.2. The third-order valence-corrected chi connectivity index (χ3v) is 6.66. The summed E-state index contributed by atoms with van der Waals surface area (Å²) in [5.74, 6) is -0.655. The molecule has 0 bridgehead atoms. The van der Waals surface area contributed by atoms with Crippen LogP contribution < -0.4 is 21.6 Å². The maximum atomic E-state index is 13.3. The van der Waals surface area contributed by atoms with Gasteiger partial charge < -0.3 is 10.6 Å². The molecule has 4 amide bonds. The summed E-state index contributed by atoms with van der Waals surface area (Å²) in [4.78, 5) is 52.1. The Labute approximate surface area is 201 Å². The van der Waals surface area contributed by atoms with Gasteiger partial charge in [-0.25, -0.2) is 9.59 Å². The molecule has 10 nitrogen and oxygen atoms in total. The lowest BCUT2D eigenvalue weighted by Crippen LogP contribution is -2.47. The van der Waals surface area contributed by atoms with Crippen LogP contribution in [0.5, 0.6) is 0 Å². The van der Waals surface area contributed by atoms with E-state index >= 15 is 0 Å². The third-order valence-electron chi connectivity index (χ3n) is 6.66. The first-order chi connectivity index (χ1) is 16.6. The van der Waals surface area contributed by atoms with E-state index in [9.17, 15) is 19.2 Å². The normalized spacial score (nSPS) is 18.9. The average molecular weight is 477 g/mol. The van der Waals surface area contributed by atoms with Crippen LogP contribution in [0.4, 0.5) is 10.5 Å². The number of urea groups is 1. The van der Waals surface area contributed by atoms with Crippen LogP contribution in [-0.4, -0.2) is 51.5 Å². The Morgan fingerprint density at radius 3 is 2.49 bits per heavy atom. The van der Waals surface area contributed by atoms with Crippen molar-refractivity contribution in [3.63, 3.8) is 0 Å². The van der Waals surface area contributed by atoms with Crippen molar-refractivity contribution in [1.82, 2.24) is 24.7 Å². The maximum absolute atomic E-state index is 13.3. The Morgan fingerprint density at radius 1 is 1.06 bits per heavy atom. The number of fused-ring (bicyclic) bond motifs is 2. The highest BCUT2D eigenvalue weighted by Crippen LogP contribution is 2.34.